The summed E-state index contributed by atoms with van der Waals surface area (Å²) in [7, 11) is 0. The second-order valence-corrected chi connectivity index (χ2v) is 5.07. The van der Waals surface area contributed by atoms with Crippen molar-refractivity contribution in [3.63, 3.8) is 0 Å². The molecule has 2 heterocycles. The normalized spacial score (nSPS) is 11.3. The SMILES string of the molecule is Cc1cc(NCCCCC(C)C)n2ncnc2n1. The number of unbranched alkanes of at least 4 members (excludes halogenated alkanes) is 1. The molecule has 0 aliphatic carbocycles. The number of aryl methyl sites for hydroxylation is 1. The molecule has 5 heteroatoms. The summed E-state index contributed by atoms with van der Waals surface area (Å²) in [4.78, 5) is 8.42. The van der Waals surface area contributed by atoms with E-state index in [0.29, 0.717) is 5.78 Å². The van der Waals surface area contributed by atoms with E-state index in [0.717, 1.165) is 24.0 Å². The quantitative estimate of drug-likeness (QED) is 0.797. The van der Waals surface area contributed by atoms with Gasteiger partial charge in [0.25, 0.3) is 5.78 Å². The molecular weight excluding hydrogens is 226 g/mol. The molecule has 2 aromatic rings. The second-order valence-electron chi connectivity index (χ2n) is 5.07. The first kappa shape index (κ1) is 12.8. The van der Waals surface area contributed by atoms with Crippen LogP contribution < -0.4 is 5.32 Å². The molecule has 0 aliphatic heterocycles. The molecule has 0 spiro atoms. The van der Waals surface area contributed by atoms with Crippen molar-refractivity contribution in [1.82, 2.24) is 19.6 Å². The topological polar surface area (TPSA) is 55.1 Å². The number of fused-ring (bicyclic) bond motifs is 1. The summed E-state index contributed by atoms with van der Waals surface area (Å²) < 4.78 is 1.75. The molecule has 0 bridgehead atoms. The van der Waals surface area contributed by atoms with Gasteiger partial charge < -0.3 is 5.32 Å². The first-order chi connectivity index (χ1) is 8.66. The Balaban J connectivity index is 1.93. The Bertz CT molecular complexity index is 503. The van der Waals surface area contributed by atoms with Gasteiger partial charge in [0.2, 0.25) is 0 Å². The molecule has 0 amide bonds. The highest BCUT2D eigenvalue weighted by Crippen LogP contribution is 2.11. The number of nitrogens with one attached hydrogen (secondary N) is 1. The van der Waals surface area contributed by atoms with Crippen molar-refractivity contribution in [3.8, 4) is 0 Å². The molecule has 0 aliphatic rings. The van der Waals surface area contributed by atoms with E-state index >= 15 is 0 Å². The van der Waals surface area contributed by atoms with Crippen LogP contribution in [0.15, 0.2) is 12.4 Å². The van der Waals surface area contributed by atoms with Gasteiger partial charge in [-0.15, -0.1) is 0 Å². The maximum atomic E-state index is 4.31. The van der Waals surface area contributed by atoms with E-state index in [1.807, 2.05) is 13.0 Å². The lowest BCUT2D eigenvalue weighted by atomic mass is 10.1. The molecule has 0 saturated carbocycles. The van der Waals surface area contributed by atoms with Gasteiger partial charge in [-0.1, -0.05) is 26.7 Å². The molecular formula is C13H21N5. The molecule has 2 rings (SSSR count). The maximum absolute atomic E-state index is 4.31. The van der Waals surface area contributed by atoms with Gasteiger partial charge in [0.1, 0.15) is 12.1 Å². The van der Waals surface area contributed by atoms with Gasteiger partial charge in [0.05, 0.1) is 0 Å². The van der Waals surface area contributed by atoms with Crippen LogP contribution in [0.3, 0.4) is 0 Å². The van der Waals surface area contributed by atoms with E-state index < -0.39 is 0 Å². The third-order valence-electron chi connectivity index (χ3n) is 2.89. The van der Waals surface area contributed by atoms with Crippen LogP contribution in [0.2, 0.25) is 0 Å². The third kappa shape index (κ3) is 3.18. The van der Waals surface area contributed by atoms with Gasteiger partial charge >= 0.3 is 0 Å². The van der Waals surface area contributed by atoms with Gasteiger partial charge in [-0.3, -0.25) is 0 Å². The van der Waals surface area contributed by atoms with Gasteiger partial charge in [0.15, 0.2) is 0 Å². The highest BCUT2D eigenvalue weighted by atomic mass is 15.3. The van der Waals surface area contributed by atoms with Gasteiger partial charge in [-0.25, -0.2) is 4.98 Å². The highest BCUT2D eigenvalue weighted by molar-refractivity contribution is 5.44. The molecule has 0 saturated heterocycles. The van der Waals surface area contributed by atoms with Crippen molar-refractivity contribution in [2.45, 2.75) is 40.0 Å². The maximum Gasteiger partial charge on any atom is 0.254 e. The van der Waals surface area contributed by atoms with Crippen LogP contribution in [0.4, 0.5) is 5.82 Å². The van der Waals surface area contributed by atoms with E-state index in [9.17, 15) is 0 Å². The van der Waals surface area contributed by atoms with Crippen LogP contribution >= 0.6 is 0 Å². The zero-order chi connectivity index (χ0) is 13.0. The highest BCUT2D eigenvalue weighted by Gasteiger charge is 2.04. The monoisotopic (exact) mass is 247 g/mol. The Labute approximate surface area is 108 Å². The smallest absolute Gasteiger partial charge is 0.254 e. The first-order valence-electron chi connectivity index (χ1n) is 6.58. The van der Waals surface area contributed by atoms with E-state index in [1.165, 1.54) is 25.6 Å². The predicted octanol–water partition coefficient (Wildman–Crippen LogP) is 2.67. The zero-order valence-corrected chi connectivity index (χ0v) is 11.3. The van der Waals surface area contributed by atoms with Crippen molar-refractivity contribution >= 4 is 11.6 Å². The standard InChI is InChI=1S/C13H21N5/c1-10(2)6-4-5-7-14-12-8-11(3)17-13-15-9-16-18(12)13/h8-10,14H,4-7H2,1-3H3. The lowest BCUT2D eigenvalue weighted by Crippen LogP contribution is -2.08. The van der Waals surface area contributed by atoms with E-state index in [1.54, 1.807) is 4.52 Å². The number of anilines is 1. The minimum absolute atomic E-state index is 0.652. The fraction of sp³-hybridized carbons (Fsp3) is 0.615. The lowest BCUT2D eigenvalue weighted by Gasteiger charge is -2.09. The van der Waals surface area contributed by atoms with Crippen LogP contribution in [0.5, 0.6) is 0 Å². The number of rotatable bonds is 6. The molecule has 0 aromatic carbocycles. The number of hydrogen-bond donors (Lipinski definition) is 1. The summed E-state index contributed by atoms with van der Waals surface area (Å²) in [6, 6.07) is 2.00. The third-order valence-corrected chi connectivity index (χ3v) is 2.89. The molecule has 0 atom stereocenters. The Morgan fingerprint density at radius 3 is 2.94 bits per heavy atom. The van der Waals surface area contributed by atoms with Crippen LogP contribution in [0.1, 0.15) is 38.8 Å². The van der Waals surface area contributed by atoms with Gasteiger partial charge in [-0.05, 0) is 19.3 Å². The van der Waals surface area contributed by atoms with Crippen molar-refractivity contribution < 1.29 is 0 Å². The van der Waals surface area contributed by atoms with E-state index in [2.05, 4.69) is 34.2 Å². The summed E-state index contributed by atoms with van der Waals surface area (Å²) in [5.74, 6) is 2.41. The van der Waals surface area contributed by atoms with Crippen molar-refractivity contribution in [2.24, 2.45) is 5.92 Å². The van der Waals surface area contributed by atoms with E-state index in [4.69, 9.17) is 0 Å². The minimum atomic E-state index is 0.652. The Morgan fingerprint density at radius 2 is 2.17 bits per heavy atom. The second kappa shape index (κ2) is 5.80. The fourth-order valence-corrected chi connectivity index (χ4v) is 1.95. The predicted molar refractivity (Wildman–Crippen MR) is 72.7 cm³/mol. The Morgan fingerprint density at radius 1 is 1.33 bits per heavy atom. The van der Waals surface area contributed by atoms with Crippen LogP contribution in [0, 0.1) is 12.8 Å². The molecule has 1 N–H and O–H groups in total. The van der Waals surface area contributed by atoms with Crippen LogP contribution in [0.25, 0.3) is 5.78 Å². The first-order valence-corrected chi connectivity index (χ1v) is 6.58. The molecule has 18 heavy (non-hydrogen) atoms. The van der Waals surface area contributed by atoms with Crippen LogP contribution in [-0.2, 0) is 0 Å². The molecule has 0 fully saturated rings. The van der Waals surface area contributed by atoms with Crippen LogP contribution in [-0.4, -0.2) is 26.1 Å². The average Bonchev–Trinajstić information content (AvgIpc) is 2.75. The minimum Gasteiger partial charge on any atom is -0.370 e. The largest absolute Gasteiger partial charge is 0.370 e. The number of nitrogens with zero attached hydrogens (tertiary/aromatic N) is 4. The Hall–Kier alpha value is -1.65. The summed E-state index contributed by atoms with van der Waals surface area (Å²) in [6.07, 6.45) is 5.26. The van der Waals surface area contributed by atoms with Gasteiger partial charge in [0, 0.05) is 18.3 Å². The van der Waals surface area contributed by atoms with Crippen molar-refractivity contribution in [1.29, 1.82) is 0 Å². The summed E-state index contributed by atoms with van der Waals surface area (Å²) in [6.45, 7) is 7.46. The molecule has 98 valence electrons. The summed E-state index contributed by atoms with van der Waals surface area (Å²) in [5, 5.41) is 7.58. The van der Waals surface area contributed by atoms with Gasteiger partial charge in [-0.2, -0.15) is 14.6 Å². The molecule has 2 aromatic heterocycles. The number of aromatic nitrogens is 4. The van der Waals surface area contributed by atoms with Crippen molar-refractivity contribution in [2.75, 3.05) is 11.9 Å². The average molecular weight is 247 g/mol. The fourth-order valence-electron chi connectivity index (χ4n) is 1.95. The van der Waals surface area contributed by atoms with E-state index in [-0.39, 0.29) is 0 Å². The molecule has 0 radical (unpaired) electrons. The summed E-state index contributed by atoms with van der Waals surface area (Å²) in [5.41, 5.74) is 0.959. The van der Waals surface area contributed by atoms with Crippen molar-refractivity contribution in [3.05, 3.63) is 18.1 Å². The zero-order valence-electron chi connectivity index (χ0n) is 11.3. The Kier molecular flexibility index (Phi) is 4.12. The number of hydrogen-bond acceptors (Lipinski definition) is 4. The molecule has 5 nitrogen and oxygen atoms in total. The summed E-state index contributed by atoms with van der Waals surface area (Å²) >= 11 is 0. The lowest BCUT2D eigenvalue weighted by molar-refractivity contribution is 0.544. The molecule has 0 unspecified atom stereocenters.